The summed E-state index contributed by atoms with van der Waals surface area (Å²) in [5.41, 5.74) is 0.825. The summed E-state index contributed by atoms with van der Waals surface area (Å²) in [6, 6.07) is 5.42. The maximum absolute atomic E-state index is 12.0. The molecule has 2 saturated heterocycles. The maximum Gasteiger partial charge on any atom is 0.412 e. The average Bonchev–Trinajstić information content (AvgIpc) is 3.07. The Hall–Kier alpha value is -2.46. The standard InChI is InChI=1S/C22H29ClN4O3/c1-15(28)26-10-7-22(14-26)5-8-25(9-6-22)17-11-16(13-24)12-18(19(17)23)27(20(29)30)21(2,3)4/h11-12H,5-10,14H2,1-4H3,(H,29,30). The van der Waals surface area contributed by atoms with Gasteiger partial charge < -0.3 is 14.9 Å². The quantitative estimate of drug-likeness (QED) is 0.751. The Balaban J connectivity index is 1.90. The van der Waals surface area contributed by atoms with E-state index in [1.165, 1.54) is 4.90 Å². The van der Waals surface area contributed by atoms with Gasteiger partial charge in [-0.2, -0.15) is 5.26 Å². The lowest BCUT2D eigenvalue weighted by molar-refractivity contribution is -0.128. The largest absolute Gasteiger partial charge is 0.465 e. The topological polar surface area (TPSA) is 87.9 Å². The van der Waals surface area contributed by atoms with Crippen molar-refractivity contribution in [2.24, 2.45) is 5.41 Å². The van der Waals surface area contributed by atoms with E-state index in [-0.39, 0.29) is 11.3 Å². The Kier molecular flexibility index (Phi) is 5.92. The van der Waals surface area contributed by atoms with Gasteiger partial charge in [-0.25, -0.2) is 4.79 Å². The van der Waals surface area contributed by atoms with Crippen LogP contribution >= 0.6 is 11.6 Å². The summed E-state index contributed by atoms with van der Waals surface area (Å²) in [5, 5.41) is 19.7. The van der Waals surface area contributed by atoms with Crippen LogP contribution in [0.3, 0.4) is 0 Å². The normalized spacial score (nSPS) is 18.4. The Bertz CT molecular complexity index is 895. The Morgan fingerprint density at radius 3 is 2.27 bits per heavy atom. The molecule has 1 spiro atoms. The van der Waals surface area contributed by atoms with Gasteiger partial charge in [-0.05, 0) is 57.6 Å². The number of hydrogen-bond acceptors (Lipinski definition) is 4. The van der Waals surface area contributed by atoms with Gasteiger partial charge in [0.15, 0.2) is 0 Å². The highest BCUT2D eigenvalue weighted by molar-refractivity contribution is 6.36. The second-order valence-corrected chi connectivity index (χ2v) is 9.78. The molecular weight excluding hydrogens is 404 g/mol. The summed E-state index contributed by atoms with van der Waals surface area (Å²) in [4.78, 5) is 29.0. The van der Waals surface area contributed by atoms with Crippen LogP contribution in [-0.4, -0.2) is 53.7 Å². The third-order valence-corrected chi connectivity index (χ3v) is 6.70. The van der Waals surface area contributed by atoms with E-state index in [9.17, 15) is 20.0 Å². The highest BCUT2D eigenvalue weighted by atomic mass is 35.5. The number of amides is 2. The number of rotatable bonds is 2. The van der Waals surface area contributed by atoms with Gasteiger partial charge in [0, 0.05) is 38.6 Å². The molecule has 0 atom stereocenters. The first-order valence-electron chi connectivity index (χ1n) is 10.2. The number of carbonyl (C=O) groups excluding carboxylic acids is 1. The maximum atomic E-state index is 12.0. The molecule has 0 radical (unpaired) electrons. The molecule has 0 saturated carbocycles. The number of anilines is 2. The van der Waals surface area contributed by atoms with E-state index in [4.69, 9.17) is 11.6 Å². The molecule has 162 valence electrons. The third kappa shape index (κ3) is 4.20. The molecule has 7 nitrogen and oxygen atoms in total. The number of nitrogens with zero attached hydrogens (tertiary/aromatic N) is 4. The molecule has 0 unspecified atom stereocenters. The minimum atomic E-state index is -1.11. The highest BCUT2D eigenvalue weighted by Gasteiger charge is 2.42. The summed E-state index contributed by atoms with van der Waals surface area (Å²) >= 11 is 6.72. The molecule has 0 bridgehead atoms. The zero-order valence-electron chi connectivity index (χ0n) is 18.0. The van der Waals surface area contributed by atoms with Crippen LogP contribution in [-0.2, 0) is 4.79 Å². The summed E-state index contributed by atoms with van der Waals surface area (Å²) in [6.45, 7) is 10.1. The molecule has 2 amide bonds. The number of carbonyl (C=O) groups is 2. The smallest absolute Gasteiger partial charge is 0.412 e. The van der Waals surface area contributed by atoms with Crippen LogP contribution in [0.2, 0.25) is 5.02 Å². The molecule has 1 aromatic carbocycles. The van der Waals surface area contributed by atoms with Crippen LogP contribution in [0, 0.1) is 16.7 Å². The van der Waals surface area contributed by atoms with Gasteiger partial charge in [-0.15, -0.1) is 0 Å². The fourth-order valence-electron chi connectivity index (χ4n) is 4.64. The molecule has 2 aliphatic rings. The van der Waals surface area contributed by atoms with Crippen molar-refractivity contribution < 1.29 is 14.7 Å². The number of carboxylic acid groups (broad SMARTS) is 1. The summed E-state index contributed by atoms with van der Waals surface area (Å²) in [5.74, 6) is 0.125. The third-order valence-electron chi connectivity index (χ3n) is 6.31. The molecule has 8 heteroatoms. The fraction of sp³-hybridized carbons (Fsp3) is 0.591. The van der Waals surface area contributed by atoms with Gasteiger partial charge in [0.25, 0.3) is 0 Å². The average molecular weight is 433 g/mol. The lowest BCUT2D eigenvalue weighted by atomic mass is 9.77. The monoisotopic (exact) mass is 432 g/mol. The van der Waals surface area contributed by atoms with E-state index < -0.39 is 11.6 Å². The van der Waals surface area contributed by atoms with Gasteiger partial charge in [0.1, 0.15) is 0 Å². The van der Waals surface area contributed by atoms with Crippen molar-refractivity contribution in [3.05, 3.63) is 22.7 Å². The van der Waals surface area contributed by atoms with Crippen LogP contribution in [0.1, 0.15) is 52.5 Å². The number of benzene rings is 1. The zero-order valence-corrected chi connectivity index (χ0v) is 18.8. The zero-order chi connectivity index (χ0) is 22.3. The van der Waals surface area contributed by atoms with Gasteiger partial charge in [-0.3, -0.25) is 9.69 Å². The molecule has 30 heavy (non-hydrogen) atoms. The van der Waals surface area contributed by atoms with E-state index in [1.807, 2.05) is 4.90 Å². The number of piperidine rings is 1. The van der Waals surface area contributed by atoms with E-state index in [0.29, 0.717) is 22.0 Å². The second-order valence-electron chi connectivity index (χ2n) is 9.41. The predicted octanol–water partition coefficient (Wildman–Crippen LogP) is 4.33. The first-order valence-corrected chi connectivity index (χ1v) is 10.6. The molecule has 0 aromatic heterocycles. The van der Waals surface area contributed by atoms with E-state index in [1.54, 1.807) is 39.8 Å². The number of halogens is 1. The SMILES string of the molecule is CC(=O)N1CCC2(CCN(c3cc(C#N)cc(N(C(=O)O)C(C)(C)C)c3Cl)CC2)C1. The van der Waals surface area contributed by atoms with E-state index in [2.05, 4.69) is 11.0 Å². The van der Waals surface area contributed by atoms with Crippen LogP contribution in [0.5, 0.6) is 0 Å². The first kappa shape index (κ1) is 22.2. The Morgan fingerprint density at radius 1 is 1.20 bits per heavy atom. The van der Waals surface area contributed by atoms with Gasteiger partial charge >= 0.3 is 6.09 Å². The summed E-state index contributed by atoms with van der Waals surface area (Å²) in [6.07, 6.45) is 1.76. The van der Waals surface area contributed by atoms with E-state index >= 15 is 0 Å². The molecule has 2 heterocycles. The van der Waals surface area contributed by atoms with Crippen molar-refractivity contribution in [2.75, 3.05) is 36.0 Å². The lowest BCUT2D eigenvalue weighted by Crippen LogP contribution is -2.46. The minimum Gasteiger partial charge on any atom is -0.465 e. The van der Waals surface area contributed by atoms with Gasteiger partial charge in [0.2, 0.25) is 5.91 Å². The highest BCUT2D eigenvalue weighted by Crippen LogP contribution is 2.44. The van der Waals surface area contributed by atoms with Crippen LogP contribution in [0.15, 0.2) is 12.1 Å². The van der Waals surface area contributed by atoms with Crippen LogP contribution in [0.25, 0.3) is 0 Å². The van der Waals surface area contributed by atoms with Crippen molar-refractivity contribution >= 4 is 35.0 Å². The van der Waals surface area contributed by atoms with Crippen molar-refractivity contribution in [1.82, 2.24) is 4.90 Å². The van der Waals surface area contributed by atoms with Crippen LogP contribution < -0.4 is 9.80 Å². The Morgan fingerprint density at radius 2 is 1.80 bits per heavy atom. The molecule has 0 aliphatic carbocycles. The minimum absolute atomic E-state index is 0.125. The fourth-order valence-corrected chi connectivity index (χ4v) is 4.95. The van der Waals surface area contributed by atoms with Gasteiger partial charge in [-0.1, -0.05) is 11.6 Å². The summed E-state index contributed by atoms with van der Waals surface area (Å²) < 4.78 is 0. The molecule has 3 rings (SSSR count). The molecular formula is C22H29ClN4O3. The van der Waals surface area contributed by atoms with E-state index in [0.717, 1.165) is 45.4 Å². The van der Waals surface area contributed by atoms with Crippen molar-refractivity contribution in [1.29, 1.82) is 5.26 Å². The Labute approximate surface area is 182 Å². The van der Waals surface area contributed by atoms with Crippen LogP contribution in [0.4, 0.5) is 16.2 Å². The first-order chi connectivity index (χ1) is 14.0. The number of hydrogen-bond donors (Lipinski definition) is 1. The second kappa shape index (κ2) is 7.99. The molecule has 1 N–H and O–H groups in total. The number of nitriles is 1. The van der Waals surface area contributed by atoms with Crippen molar-refractivity contribution in [3.8, 4) is 6.07 Å². The number of likely N-dealkylation sites (tertiary alicyclic amines) is 1. The molecule has 1 aromatic rings. The molecule has 2 fully saturated rings. The van der Waals surface area contributed by atoms with Crippen molar-refractivity contribution in [2.45, 2.75) is 52.5 Å². The summed E-state index contributed by atoms with van der Waals surface area (Å²) in [7, 11) is 0. The molecule has 2 aliphatic heterocycles. The van der Waals surface area contributed by atoms with Crippen molar-refractivity contribution in [3.63, 3.8) is 0 Å². The predicted molar refractivity (Wildman–Crippen MR) is 117 cm³/mol. The lowest BCUT2D eigenvalue weighted by Gasteiger charge is -2.41. The van der Waals surface area contributed by atoms with Gasteiger partial charge in [0.05, 0.1) is 28.0 Å².